The molecule has 3 fully saturated rings. The van der Waals surface area contributed by atoms with Crippen LogP contribution in [0.4, 0.5) is 14.6 Å². The number of aryl methyl sites for hydroxylation is 1. The smallest absolute Gasteiger partial charge is 0.248 e. The first kappa shape index (κ1) is 26.1. The zero-order valence-corrected chi connectivity index (χ0v) is 22.7. The summed E-state index contributed by atoms with van der Waals surface area (Å²) in [4.78, 5) is 26.2. The third-order valence-corrected chi connectivity index (χ3v) is 9.13. The number of piperazine rings is 1. The second-order valence-electron chi connectivity index (χ2n) is 11.7. The van der Waals surface area contributed by atoms with Crippen LogP contribution in [0.5, 0.6) is 0 Å². The first-order valence-electron chi connectivity index (χ1n) is 13.6. The summed E-state index contributed by atoms with van der Waals surface area (Å²) in [7, 11) is 1.73. The Morgan fingerprint density at radius 2 is 1.90 bits per heavy atom. The van der Waals surface area contributed by atoms with Crippen LogP contribution in [-0.4, -0.2) is 69.1 Å². The third-order valence-electron chi connectivity index (χ3n) is 9.13. The van der Waals surface area contributed by atoms with E-state index in [0.29, 0.717) is 29.3 Å². The van der Waals surface area contributed by atoms with Crippen LogP contribution >= 0.6 is 0 Å². The molecule has 2 aliphatic carbocycles. The Kier molecular flexibility index (Phi) is 6.02. The van der Waals surface area contributed by atoms with Gasteiger partial charge in [0.1, 0.15) is 37.3 Å². The number of nitriles is 2. The van der Waals surface area contributed by atoms with Crippen molar-refractivity contribution in [3.8, 4) is 23.4 Å². The number of aromatic nitrogens is 4. The summed E-state index contributed by atoms with van der Waals surface area (Å²) in [5, 5.41) is 24.4. The number of amides is 1. The fourth-order valence-electron chi connectivity index (χ4n) is 6.34. The first-order valence-corrected chi connectivity index (χ1v) is 13.6. The van der Waals surface area contributed by atoms with Gasteiger partial charge in [0.05, 0.1) is 17.3 Å². The number of rotatable bonds is 6. The van der Waals surface area contributed by atoms with Crippen LogP contribution in [0.15, 0.2) is 24.5 Å². The highest BCUT2D eigenvalue weighted by Crippen LogP contribution is 2.75. The Morgan fingerprint density at radius 1 is 1.15 bits per heavy atom. The van der Waals surface area contributed by atoms with Gasteiger partial charge in [-0.3, -0.25) is 9.48 Å². The van der Waals surface area contributed by atoms with Crippen molar-refractivity contribution in [2.24, 2.45) is 17.9 Å². The maximum absolute atomic E-state index is 13.7. The number of hydrogen-bond donors (Lipinski definition) is 0. The molecule has 3 atom stereocenters. The molecule has 1 aromatic carbocycles. The molecule has 0 bridgehead atoms. The van der Waals surface area contributed by atoms with Crippen molar-refractivity contribution >= 4 is 22.6 Å². The Bertz CT molecular complexity index is 1600. The average molecular weight is 545 g/mol. The van der Waals surface area contributed by atoms with Crippen LogP contribution in [0.25, 0.3) is 22.2 Å². The summed E-state index contributed by atoms with van der Waals surface area (Å²) in [6.07, 6.45) is 5.09. The number of carbonyl (C=O) groups excluding carboxylic acids is 1. The highest BCUT2D eigenvalue weighted by atomic mass is 19.1. The Labute approximate surface area is 231 Å². The zero-order valence-electron chi connectivity index (χ0n) is 22.7. The van der Waals surface area contributed by atoms with E-state index in [2.05, 4.69) is 22.1 Å². The molecule has 1 amide bonds. The number of alkyl halides is 2. The van der Waals surface area contributed by atoms with Gasteiger partial charge < -0.3 is 9.80 Å². The van der Waals surface area contributed by atoms with Gasteiger partial charge in [0, 0.05) is 49.2 Å². The molecule has 206 valence electrons. The molecule has 3 aliphatic rings. The standard InChI is InChI=1S/C29H30F2N8O/c1-17-12-39(27(40)29(13-30,14-31)15-33)18(2)11-38(17)26-24-20(22-9-28(22)6-7-28)4-5-21(25(24)34-16-35-26)23-8-19(10-32)37(3)36-23/h4-5,8,16-18,22H,6-7,9,11-14H2,1-3H3/t17-,18+,22+/m0/s1. The van der Waals surface area contributed by atoms with E-state index in [4.69, 9.17) is 9.97 Å². The van der Waals surface area contributed by atoms with E-state index in [-0.39, 0.29) is 12.6 Å². The molecule has 0 radical (unpaired) electrons. The predicted octanol–water partition coefficient (Wildman–Crippen LogP) is 4.04. The van der Waals surface area contributed by atoms with Crippen molar-refractivity contribution in [2.75, 3.05) is 31.3 Å². The molecule has 3 aromatic rings. The highest BCUT2D eigenvalue weighted by Gasteiger charge is 2.63. The van der Waals surface area contributed by atoms with Gasteiger partial charge >= 0.3 is 0 Å². The van der Waals surface area contributed by atoms with Crippen molar-refractivity contribution in [1.82, 2.24) is 24.6 Å². The molecule has 0 N–H and O–H groups in total. The van der Waals surface area contributed by atoms with E-state index in [0.717, 1.165) is 28.7 Å². The predicted molar refractivity (Wildman–Crippen MR) is 143 cm³/mol. The Balaban J connectivity index is 1.43. The summed E-state index contributed by atoms with van der Waals surface area (Å²) >= 11 is 0. The topological polar surface area (TPSA) is 115 Å². The van der Waals surface area contributed by atoms with Crippen molar-refractivity contribution in [3.63, 3.8) is 0 Å². The van der Waals surface area contributed by atoms with Gasteiger partial charge in [0.15, 0.2) is 5.41 Å². The van der Waals surface area contributed by atoms with E-state index in [1.165, 1.54) is 29.6 Å². The van der Waals surface area contributed by atoms with Crippen LogP contribution in [0.2, 0.25) is 0 Å². The second kappa shape index (κ2) is 9.22. The molecule has 0 unspecified atom stereocenters. The lowest BCUT2D eigenvalue weighted by Gasteiger charge is -2.46. The number of nitrogens with zero attached hydrogens (tertiary/aromatic N) is 8. The zero-order chi connectivity index (χ0) is 28.4. The van der Waals surface area contributed by atoms with E-state index in [1.807, 2.05) is 19.9 Å². The second-order valence-corrected chi connectivity index (χ2v) is 11.7. The monoisotopic (exact) mass is 544 g/mol. The molecule has 3 heterocycles. The third kappa shape index (κ3) is 3.82. The minimum Gasteiger partial charge on any atom is -0.349 e. The van der Waals surface area contributed by atoms with Crippen molar-refractivity contribution in [2.45, 2.75) is 51.1 Å². The largest absolute Gasteiger partial charge is 0.349 e. The number of halogens is 2. The maximum atomic E-state index is 13.7. The van der Waals surface area contributed by atoms with Gasteiger partial charge in [0.2, 0.25) is 5.91 Å². The molecule has 6 rings (SSSR count). The first-order chi connectivity index (χ1) is 19.2. The molecule has 40 heavy (non-hydrogen) atoms. The highest BCUT2D eigenvalue weighted by molar-refractivity contribution is 6.02. The molecular formula is C29H30F2N8O. The van der Waals surface area contributed by atoms with Crippen molar-refractivity contribution in [1.29, 1.82) is 10.5 Å². The fourth-order valence-corrected chi connectivity index (χ4v) is 6.34. The molecule has 9 nitrogen and oxygen atoms in total. The van der Waals surface area contributed by atoms with Gasteiger partial charge in [-0.25, -0.2) is 18.7 Å². The van der Waals surface area contributed by atoms with E-state index in [1.54, 1.807) is 23.9 Å². The summed E-state index contributed by atoms with van der Waals surface area (Å²) < 4.78 is 29.0. The molecule has 1 spiro atoms. The summed E-state index contributed by atoms with van der Waals surface area (Å²) in [5.74, 6) is 0.356. The van der Waals surface area contributed by atoms with Gasteiger partial charge in [-0.05, 0) is 50.0 Å². The fraction of sp³-hybridized carbons (Fsp3) is 0.517. The molecule has 1 saturated heterocycles. The van der Waals surface area contributed by atoms with Gasteiger partial charge in [-0.1, -0.05) is 12.1 Å². The maximum Gasteiger partial charge on any atom is 0.248 e. The lowest BCUT2D eigenvalue weighted by molar-refractivity contribution is -0.143. The van der Waals surface area contributed by atoms with Gasteiger partial charge in [0.25, 0.3) is 0 Å². The average Bonchev–Trinajstić information content (AvgIpc) is 3.87. The summed E-state index contributed by atoms with van der Waals surface area (Å²) in [6.45, 7) is 1.60. The molecule has 2 saturated carbocycles. The molecule has 11 heteroatoms. The number of anilines is 1. The molecular weight excluding hydrogens is 514 g/mol. The molecule has 2 aromatic heterocycles. The number of fused-ring (bicyclic) bond motifs is 1. The van der Waals surface area contributed by atoms with Crippen LogP contribution in [0.3, 0.4) is 0 Å². The quantitative estimate of drug-likeness (QED) is 0.460. The number of hydrogen-bond acceptors (Lipinski definition) is 7. The Hall–Kier alpha value is -4.12. The lowest BCUT2D eigenvalue weighted by Crippen LogP contribution is -2.61. The van der Waals surface area contributed by atoms with Gasteiger partial charge in [-0.2, -0.15) is 15.6 Å². The summed E-state index contributed by atoms with van der Waals surface area (Å²) in [5.41, 5.74) is 1.92. The Morgan fingerprint density at radius 3 is 2.50 bits per heavy atom. The minimum absolute atomic E-state index is 0.198. The minimum atomic E-state index is -2.31. The lowest BCUT2D eigenvalue weighted by atomic mass is 9.89. The van der Waals surface area contributed by atoms with E-state index in [9.17, 15) is 24.1 Å². The number of carbonyl (C=O) groups is 1. The normalized spacial score (nSPS) is 23.2. The van der Waals surface area contributed by atoms with Crippen LogP contribution < -0.4 is 4.90 Å². The van der Waals surface area contributed by atoms with Crippen LogP contribution in [0.1, 0.15) is 50.3 Å². The van der Waals surface area contributed by atoms with Crippen LogP contribution in [-0.2, 0) is 11.8 Å². The number of benzene rings is 1. The van der Waals surface area contributed by atoms with E-state index >= 15 is 0 Å². The van der Waals surface area contributed by atoms with E-state index < -0.39 is 30.7 Å². The van der Waals surface area contributed by atoms with Crippen molar-refractivity contribution in [3.05, 3.63) is 35.8 Å². The molecule has 1 aliphatic heterocycles. The van der Waals surface area contributed by atoms with Gasteiger partial charge in [-0.15, -0.1) is 0 Å². The van der Waals surface area contributed by atoms with Crippen molar-refractivity contribution < 1.29 is 13.6 Å². The van der Waals surface area contributed by atoms with Crippen LogP contribution in [0, 0.1) is 33.5 Å². The SMILES string of the molecule is C[C@@H]1CN(c2ncnc3c(-c4cc(C#N)n(C)n4)ccc([C@H]4CC45CC5)c23)[C@@H](C)CN1C(=O)C(C#N)(CF)CF. The summed E-state index contributed by atoms with van der Waals surface area (Å²) in [6, 6.07) is 9.03.